The fraction of sp³-hybridized carbons (Fsp3) is 0.250. The van der Waals surface area contributed by atoms with Crippen LogP contribution in [-0.4, -0.2) is 29.7 Å². The summed E-state index contributed by atoms with van der Waals surface area (Å²) < 4.78 is 27.8. The Labute approximate surface area is 112 Å². The molecule has 0 unspecified atom stereocenters. The number of hydrogen-bond donors (Lipinski definition) is 2. The quantitative estimate of drug-likeness (QED) is 0.824. The molecule has 0 aliphatic heterocycles. The summed E-state index contributed by atoms with van der Waals surface area (Å²) in [7, 11) is -1.97. The first-order chi connectivity index (χ1) is 9.08. The number of aromatic amines is 1. The smallest absolute Gasteiger partial charge is 0.279 e. The number of nitrogens with zero attached hydrogens (tertiary/aromatic N) is 2. The zero-order valence-electron chi connectivity index (χ0n) is 10.6. The van der Waals surface area contributed by atoms with Gasteiger partial charge in [0.25, 0.3) is 10.2 Å². The largest absolute Gasteiger partial charge is 0.347 e. The lowest BCUT2D eigenvalue weighted by Crippen LogP contribution is -2.37. The fourth-order valence-electron chi connectivity index (χ4n) is 1.59. The topological polar surface area (TPSA) is 78.1 Å². The molecule has 0 aliphatic carbocycles. The number of nitrogens with one attached hydrogen (secondary N) is 2. The summed E-state index contributed by atoms with van der Waals surface area (Å²) in [5, 5.41) is 0. The van der Waals surface area contributed by atoms with Gasteiger partial charge in [-0.25, -0.2) is 4.98 Å². The van der Waals surface area contributed by atoms with E-state index in [2.05, 4.69) is 14.7 Å². The van der Waals surface area contributed by atoms with Crippen molar-refractivity contribution in [3.63, 3.8) is 0 Å². The molecule has 102 valence electrons. The van der Waals surface area contributed by atoms with Gasteiger partial charge in [0.05, 0.1) is 6.54 Å². The van der Waals surface area contributed by atoms with Crippen LogP contribution in [0.5, 0.6) is 0 Å². The van der Waals surface area contributed by atoms with Crippen LogP contribution in [0.15, 0.2) is 42.7 Å². The summed E-state index contributed by atoms with van der Waals surface area (Å²) in [4.78, 5) is 6.80. The third-order valence-corrected chi connectivity index (χ3v) is 4.09. The van der Waals surface area contributed by atoms with Gasteiger partial charge in [0.1, 0.15) is 5.82 Å². The van der Waals surface area contributed by atoms with E-state index >= 15 is 0 Å². The Balaban J connectivity index is 1.95. The highest BCUT2D eigenvalue weighted by molar-refractivity contribution is 7.87. The molecule has 0 spiro atoms. The summed E-state index contributed by atoms with van der Waals surface area (Å²) in [5.74, 6) is 0.580. The molecule has 1 aromatic heterocycles. The van der Waals surface area contributed by atoms with Gasteiger partial charge in [0, 0.05) is 26.0 Å². The average Bonchev–Trinajstić information content (AvgIpc) is 2.91. The van der Waals surface area contributed by atoms with Crippen LogP contribution in [0, 0.1) is 0 Å². The van der Waals surface area contributed by atoms with Crippen LogP contribution < -0.4 is 4.72 Å². The molecule has 0 radical (unpaired) electrons. The van der Waals surface area contributed by atoms with Gasteiger partial charge in [-0.15, -0.1) is 0 Å². The molecule has 0 amide bonds. The third-order valence-electron chi connectivity index (χ3n) is 2.64. The molecule has 2 rings (SSSR count). The van der Waals surface area contributed by atoms with E-state index in [1.54, 1.807) is 12.4 Å². The molecule has 0 aliphatic rings. The van der Waals surface area contributed by atoms with E-state index in [0.29, 0.717) is 12.4 Å². The van der Waals surface area contributed by atoms with Gasteiger partial charge in [0.2, 0.25) is 0 Å². The zero-order chi connectivity index (χ0) is 13.7. The second kappa shape index (κ2) is 5.96. The summed E-state index contributed by atoms with van der Waals surface area (Å²) in [6, 6.07) is 9.43. The summed E-state index contributed by atoms with van der Waals surface area (Å²) in [6.07, 6.45) is 3.23. The minimum atomic E-state index is -3.51. The molecule has 0 bridgehead atoms. The van der Waals surface area contributed by atoms with Gasteiger partial charge in [-0.1, -0.05) is 30.3 Å². The van der Waals surface area contributed by atoms with E-state index in [1.807, 2.05) is 30.3 Å². The van der Waals surface area contributed by atoms with Crippen molar-refractivity contribution < 1.29 is 8.42 Å². The lowest BCUT2D eigenvalue weighted by Gasteiger charge is -2.17. The predicted octanol–water partition coefficient (Wildman–Crippen LogP) is 0.876. The zero-order valence-corrected chi connectivity index (χ0v) is 11.4. The van der Waals surface area contributed by atoms with Gasteiger partial charge in [-0.3, -0.25) is 0 Å². The number of hydrogen-bond acceptors (Lipinski definition) is 3. The Morgan fingerprint density at radius 3 is 2.68 bits per heavy atom. The number of benzene rings is 1. The van der Waals surface area contributed by atoms with Crippen LogP contribution in [-0.2, 0) is 23.3 Å². The number of H-pyrrole nitrogens is 1. The highest BCUT2D eigenvalue weighted by Crippen LogP contribution is 2.05. The van der Waals surface area contributed by atoms with Gasteiger partial charge in [-0.2, -0.15) is 17.4 Å². The van der Waals surface area contributed by atoms with Crippen molar-refractivity contribution in [3.8, 4) is 0 Å². The molecule has 1 aromatic carbocycles. The van der Waals surface area contributed by atoms with Crippen molar-refractivity contribution in [2.24, 2.45) is 0 Å². The van der Waals surface area contributed by atoms with Gasteiger partial charge >= 0.3 is 0 Å². The highest BCUT2D eigenvalue weighted by Gasteiger charge is 2.17. The predicted molar refractivity (Wildman–Crippen MR) is 72.3 cm³/mol. The maximum atomic E-state index is 12.0. The van der Waals surface area contributed by atoms with Crippen LogP contribution in [0.4, 0.5) is 0 Å². The van der Waals surface area contributed by atoms with Crippen molar-refractivity contribution in [2.75, 3.05) is 7.05 Å². The minimum absolute atomic E-state index is 0.147. The molecule has 0 atom stereocenters. The SMILES string of the molecule is CN(Cc1ccccc1)S(=O)(=O)NCc1ncc[nH]1. The first-order valence-corrected chi connectivity index (χ1v) is 7.25. The van der Waals surface area contributed by atoms with Gasteiger partial charge in [-0.05, 0) is 5.56 Å². The van der Waals surface area contributed by atoms with E-state index in [9.17, 15) is 8.42 Å². The van der Waals surface area contributed by atoms with Crippen molar-refractivity contribution >= 4 is 10.2 Å². The molecular formula is C12H16N4O2S. The lowest BCUT2D eigenvalue weighted by molar-refractivity contribution is 0.454. The van der Waals surface area contributed by atoms with Crippen molar-refractivity contribution in [2.45, 2.75) is 13.1 Å². The number of aromatic nitrogens is 2. The highest BCUT2D eigenvalue weighted by atomic mass is 32.2. The van der Waals surface area contributed by atoms with E-state index < -0.39 is 10.2 Å². The Morgan fingerprint density at radius 2 is 2.05 bits per heavy atom. The van der Waals surface area contributed by atoms with Crippen molar-refractivity contribution in [1.29, 1.82) is 0 Å². The van der Waals surface area contributed by atoms with Crippen molar-refractivity contribution in [1.82, 2.24) is 19.0 Å². The number of imidazole rings is 1. The van der Waals surface area contributed by atoms with E-state index in [0.717, 1.165) is 5.56 Å². The van der Waals surface area contributed by atoms with Crippen LogP contribution in [0.3, 0.4) is 0 Å². The second-order valence-electron chi connectivity index (χ2n) is 4.10. The molecule has 19 heavy (non-hydrogen) atoms. The average molecular weight is 280 g/mol. The first-order valence-electron chi connectivity index (χ1n) is 5.81. The molecule has 7 heteroatoms. The maximum Gasteiger partial charge on any atom is 0.279 e. The van der Waals surface area contributed by atoms with Crippen LogP contribution in [0.2, 0.25) is 0 Å². The number of rotatable bonds is 6. The second-order valence-corrected chi connectivity index (χ2v) is 5.97. The van der Waals surface area contributed by atoms with Crippen LogP contribution >= 0.6 is 0 Å². The molecule has 0 fully saturated rings. The van der Waals surface area contributed by atoms with E-state index in [-0.39, 0.29) is 6.54 Å². The van der Waals surface area contributed by atoms with E-state index in [4.69, 9.17) is 0 Å². The van der Waals surface area contributed by atoms with Gasteiger partial charge < -0.3 is 4.98 Å². The summed E-state index contributed by atoms with van der Waals surface area (Å²) in [6.45, 7) is 0.475. The monoisotopic (exact) mass is 280 g/mol. The molecule has 0 saturated carbocycles. The summed E-state index contributed by atoms with van der Waals surface area (Å²) >= 11 is 0. The molecule has 2 aromatic rings. The van der Waals surface area contributed by atoms with Crippen molar-refractivity contribution in [3.05, 3.63) is 54.1 Å². The molecule has 6 nitrogen and oxygen atoms in total. The maximum absolute atomic E-state index is 12.0. The lowest BCUT2D eigenvalue weighted by atomic mass is 10.2. The molecular weight excluding hydrogens is 264 g/mol. The standard InChI is InChI=1S/C12H16N4O2S/c1-16(10-11-5-3-2-4-6-11)19(17,18)15-9-12-13-7-8-14-12/h2-8,15H,9-10H2,1H3,(H,13,14). The minimum Gasteiger partial charge on any atom is -0.347 e. The Kier molecular flexibility index (Phi) is 4.31. The fourth-order valence-corrected chi connectivity index (χ4v) is 2.45. The Hall–Kier alpha value is -1.70. The van der Waals surface area contributed by atoms with Gasteiger partial charge in [0.15, 0.2) is 0 Å². The van der Waals surface area contributed by atoms with Crippen LogP contribution in [0.1, 0.15) is 11.4 Å². The third kappa shape index (κ3) is 3.88. The van der Waals surface area contributed by atoms with Crippen LogP contribution in [0.25, 0.3) is 0 Å². The Morgan fingerprint density at radius 1 is 1.32 bits per heavy atom. The Bertz CT molecular complexity index is 596. The molecule has 1 heterocycles. The van der Waals surface area contributed by atoms with E-state index in [1.165, 1.54) is 11.4 Å². The molecule has 0 saturated heterocycles. The summed E-state index contributed by atoms with van der Waals surface area (Å²) in [5.41, 5.74) is 0.938. The molecule has 2 N–H and O–H groups in total. The first kappa shape index (κ1) is 13.7. The normalized spacial score (nSPS) is 11.9.